The summed E-state index contributed by atoms with van der Waals surface area (Å²) < 4.78 is 5.74. The number of rotatable bonds is 9. The van der Waals surface area contributed by atoms with E-state index >= 15 is 0 Å². The number of hydrogen-bond donors (Lipinski definition) is 1. The molecule has 1 aliphatic carbocycles. The Morgan fingerprint density at radius 2 is 1.61 bits per heavy atom. The van der Waals surface area contributed by atoms with Crippen LogP contribution in [0.15, 0.2) is 54.9 Å². The third kappa shape index (κ3) is 6.01. The Balaban J connectivity index is 1.06. The van der Waals surface area contributed by atoms with E-state index in [4.69, 9.17) is 9.57 Å². The zero-order valence-electron chi connectivity index (χ0n) is 25.2. The zero-order valence-corrected chi connectivity index (χ0v) is 25.2. The van der Waals surface area contributed by atoms with E-state index in [-0.39, 0.29) is 16.7 Å². The van der Waals surface area contributed by atoms with Crippen LogP contribution in [-0.2, 0) is 4.84 Å². The number of hydrogen-bond acceptors (Lipinski definition) is 11. The SMILES string of the molecule is COc1cc(N2CCC(N3CCN(C4CC4)CC3)CC2)c([N+](=O)[O-])cc1Nc1cc(N2OCC[C@@H]2c2ccccc2)ncn1. The molecule has 2 aromatic carbocycles. The van der Waals surface area contributed by atoms with Gasteiger partial charge in [0.25, 0.3) is 5.69 Å². The van der Waals surface area contributed by atoms with Gasteiger partial charge in [-0.1, -0.05) is 30.3 Å². The van der Waals surface area contributed by atoms with Gasteiger partial charge in [0.15, 0.2) is 5.82 Å². The quantitative estimate of drug-likeness (QED) is 0.271. The standard InChI is InChI=1S/C32H40N8O4/c1-43-30-20-28(38-12-9-25(10-13-38)37-16-14-36(15-17-37)24-7-8-24)29(40(41)42)19-26(30)35-31-21-32(34-22-33-31)39-27(11-18-44-39)23-5-3-2-4-6-23/h2-6,19-22,24-25,27H,7-18H2,1H3,(H,33,34,35)/t27-/m1/s1. The number of nitrogens with zero attached hydrogens (tertiary/aromatic N) is 7. The predicted molar refractivity (Wildman–Crippen MR) is 169 cm³/mol. The lowest BCUT2D eigenvalue weighted by Gasteiger charge is -2.43. The van der Waals surface area contributed by atoms with E-state index in [0.717, 1.165) is 70.1 Å². The number of nitro groups is 1. The first kappa shape index (κ1) is 28.8. The largest absolute Gasteiger partial charge is 0.494 e. The van der Waals surface area contributed by atoms with Crippen molar-refractivity contribution in [1.82, 2.24) is 19.8 Å². The number of nitro benzene ring substituents is 1. The van der Waals surface area contributed by atoms with E-state index in [1.807, 2.05) is 23.3 Å². The van der Waals surface area contributed by atoms with Crippen molar-refractivity contribution in [2.75, 3.05) is 68.3 Å². The molecule has 7 rings (SSSR count). The Morgan fingerprint density at radius 3 is 2.27 bits per heavy atom. The monoisotopic (exact) mass is 600 g/mol. The smallest absolute Gasteiger partial charge is 0.294 e. The number of aromatic nitrogens is 2. The average molecular weight is 601 g/mol. The molecule has 3 aliphatic heterocycles. The predicted octanol–water partition coefficient (Wildman–Crippen LogP) is 4.77. The highest BCUT2D eigenvalue weighted by molar-refractivity contribution is 5.77. The van der Waals surface area contributed by atoms with Crippen LogP contribution in [0.4, 0.5) is 28.7 Å². The van der Waals surface area contributed by atoms with Crippen LogP contribution in [-0.4, -0.2) is 89.8 Å². The van der Waals surface area contributed by atoms with Crippen LogP contribution in [0.1, 0.15) is 43.7 Å². The lowest BCUT2D eigenvalue weighted by atomic mass is 10.0. The molecule has 0 bridgehead atoms. The van der Waals surface area contributed by atoms with Crippen molar-refractivity contribution in [3.8, 4) is 5.75 Å². The van der Waals surface area contributed by atoms with Crippen LogP contribution in [0.5, 0.6) is 5.75 Å². The van der Waals surface area contributed by atoms with E-state index in [9.17, 15) is 10.1 Å². The van der Waals surface area contributed by atoms with E-state index in [1.165, 1.54) is 19.2 Å². The second-order valence-corrected chi connectivity index (χ2v) is 12.1. The second kappa shape index (κ2) is 12.5. The number of ether oxygens (including phenoxy) is 1. The number of benzene rings is 2. The van der Waals surface area contributed by atoms with Crippen molar-refractivity contribution < 1.29 is 14.5 Å². The highest BCUT2D eigenvalue weighted by Gasteiger charge is 2.35. The topological polar surface area (TPSA) is 112 Å². The van der Waals surface area contributed by atoms with Crippen LogP contribution >= 0.6 is 0 Å². The number of nitrogens with one attached hydrogen (secondary N) is 1. The second-order valence-electron chi connectivity index (χ2n) is 12.1. The molecule has 12 heteroatoms. The molecule has 1 saturated carbocycles. The normalized spacial score (nSPS) is 21.9. The van der Waals surface area contributed by atoms with Gasteiger partial charge in [0.1, 0.15) is 23.6 Å². The Bertz CT molecular complexity index is 1460. The van der Waals surface area contributed by atoms with Gasteiger partial charge < -0.3 is 15.0 Å². The van der Waals surface area contributed by atoms with Crippen molar-refractivity contribution in [3.05, 3.63) is 70.5 Å². The molecular weight excluding hydrogens is 560 g/mol. The minimum absolute atomic E-state index is 0.0327. The first-order valence-corrected chi connectivity index (χ1v) is 15.7. The van der Waals surface area contributed by atoms with Crippen molar-refractivity contribution in [3.63, 3.8) is 0 Å². The Kier molecular flexibility index (Phi) is 8.20. The van der Waals surface area contributed by atoms with E-state index in [2.05, 4.69) is 42.1 Å². The van der Waals surface area contributed by atoms with Crippen LogP contribution < -0.4 is 20.0 Å². The number of hydroxylamine groups is 1. The van der Waals surface area contributed by atoms with Gasteiger partial charge in [0, 0.05) is 76.0 Å². The highest BCUT2D eigenvalue weighted by Crippen LogP contribution is 2.41. The highest BCUT2D eigenvalue weighted by atomic mass is 16.7. The third-order valence-electron chi connectivity index (χ3n) is 9.46. The molecule has 232 valence electrons. The van der Waals surface area contributed by atoms with Gasteiger partial charge in [-0.25, -0.2) is 15.0 Å². The van der Waals surface area contributed by atoms with Crippen molar-refractivity contribution >= 4 is 28.7 Å². The first-order valence-electron chi connectivity index (χ1n) is 15.7. The molecule has 4 fully saturated rings. The van der Waals surface area contributed by atoms with Gasteiger partial charge in [-0.2, -0.15) is 0 Å². The Labute approximate surface area is 257 Å². The summed E-state index contributed by atoms with van der Waals surface area (Å²) in [6.45, 7) is 6.70. The number of anilines is 4. The molecule has 0 unspecified atom stereocenters. The lowest BCUT2D eigenvalue weighted by Crippen LogP contribution is -2.53. The molecule has 3 aromatic rings. The van der Waals surface area contributed by atoms with Crippen LogP contribution in [0, 0.1) is 10.1 Å². The number of piperazine rings is 1. The van der Waals surface area contributed by atoms with Gasteiger partial charge in [-0.05, 0) is 31.2 Å². The molecule has 1 atom stereocenters. The summed E-state index contributed by atoms with van der Waals surface area (Å²) in [4.78, 5) is 34.2. The maximum absolute atomic E-state index is 12.3. The third-order valence-corrected chi connectivity index (χ3v) is 9.46. The molecule has 44 heavy (non-hydrogen) atoms. The van der Waals surface area contributed by atoms with Gasteiger partial charge in [0.2, 0.25) is 0 Å². The van der Waals surface area contributed by atoms with E-state index in [0.29, 0.717) is 41.4 Å². The molecule has 1 aromatic heterocycles. The maximum Gasteiger partial charge on any atom is 0.294 e. The van der Waals surface area contributed by atoms with Crippen molar-refractivity contribution in [2.24, 2.45) is 0 Å². The Morgan fingerprint density at radius 1 is 0.909 bits per heavy atom. The van der Waals surface area contributed by atoms with Gasteiger partial charge in [-0.15, -0.1) is 0 Å². The van der Waals surface area contributed by atoms with Crippen LogP contribution in [0.2, 0.25) is 0 Å². The zero-order chi connectivity index (χ0) is 30.0. The van der Waals surface area contributed by atoms with Crippen molar-refractivity contribution in [2.45, 2.75) is 50.2 Å². The average Bonchev–Trinajstić information content (AvgIpc) is 3.81. The summed E-state index contributed by atoms with van der Waals surface area (Å²) >= 11 is 0. The van der Waals surface area contributed by atoms with Crippen LogP contribution in [0.25, 0.3) is 0 Å². The summed E-state index contributed by atoms with van der Waals surface area (Å²) in [6.07, 6.45) is 7.01. The lowest BCUT2D eigenvalue weighted by molar-refractivity contribution is -0.384. The number of piperidine rings is 1. The fraction of sp³-hybridized carbons (Fsp3) is 0.500. The fourth-order valence-electron chi connectivity index (χ4n) is 6.95. The molecule has 12 nitrogen and oxygen atoms in total. The molecule has 4 aliphatic rings. The minimum Gasteiger partial charge on any atom is -0.494 e. The van der Waals surface area contributed by atoms with Gasteiger partial charge in [-0.3, -0.25) is 24.8 Å². The first-order chi connectivity index (χ1) is 21.6. The summed E-state index contributed by atoms with van der Waals surface area (Å²) in [7, 11) is 1.58. The summed E-state index contributed by atoms with van der Waals surface area (Å²) in [5.41, 5.74) is 2.25. The van der Waals surface area contributed by atoms with E-state index in [1.54, 1.807) is 25.3 Å². The molecule has 3 saturated heterocycles. The van der Waals surface area contributed by atoms with Crippen LogP contribution in [0.3, 0.4) is 0 Å². The molecule has 0 radical (unpaired) electrons. The molecule has 0 spiro atoms. The van der Waals surface area contributed by atoms with Crippen molar-refractivity contribution in [1.29, 1.82) is 0 Å². The summed E-state index contributed by atoms with van der Waals surface area (Å²) in [6, 6.07) is 16.7. The summed E-state index contributed by atoms with van der Waals surface area (Å²) in [5, 5.41) is 17.4. The molecule has 0 amide bonds. The Hall–Kier alpha value is -4.00. The summed E-state index contributed by atoms with van der Waals surface area (Å²) in [5.74, 6) is 1.61. The fourth-order valence-corrected chi connectivity index (χ4v) is 6.95. The maximum atomic E-state index is 12.3. The molecule has 1 N–H and O–H groups in total. The minimum atomic E-state index is -0.308. The van der Waals surface area contributed by atoms with Gasteiger partial charge in [0.05, 0.1) is 30.4 Å². The number of methoxy groups -OCH3 is 1. The molecular formula is C32H40N8O4. The molecule has 4 heterocycles. The van der Waals surface area contributed by atoms with Gasteiger partial charge >= 0.3 is 0 Å². The van der Waals surface area contributed by atoms with E-state index < -0.39 is 0 Å².